The quantitative estimate of drug-likeness (QED) is 0.798. The van der Waals surface area contributed by atoms with E-state index in [0.29, 0.717) is 12.5 Å². The fraction of sp³-hybridized carbons (Fsp3) is 0.688. The van der Waals surface area contributed by atoms with Crippen molar-refractivity contribution in [3.8, 4) is 0 Å². The van der Waals surface area contributed by atoms with Gasteiger partial charge >= 0.3 is 0 Å². The lowest BCUT2D eigenvalue weighted by Gasteiger charge is -2.20. The summed E-state index contributed by atoms with van der Waals surface area (Å²) in [6.45, 7) is 2.24. The Labute approximate surface area is 120 Å². The molecule has 1 fully saturated rings. The molecule has 2 nitrogen and oxygen atoms in total. The van der Waals surface area contributed by atoms with Gasteiger partial charge in [-0.2, -0.15) is 11.3 Å². The van der Waals surface area contributed by atoms with Crippen molar-refractivity contribution in [2.45, 2.75) is 64.3 Å². The Balaban J connectivity index is 1.71. The highest BCUT2D eigenvalue weighted by atomic mass is 32.1. The minimum Gasteiger partial charge on any atom is -0.353 e. The Bertz CT molecular complexity index is 374. The van der Waals surface area contributed by atoms with E-state index in [1.807, 2.05) is 0 Å². The average molecular weight is 279 g/mol. The molecule has 1 aliphatic carbocycles. The SMILES string of the molecule is CCCCC1CCCC1NC(=O)CCc1ccsc1. The monoisotopic (exact) mass is 279 g/mol. The molecule has 1 aromatic heterocycles. The third-order valence-electron chi connectivity index (χ3n) is 4.15. The molecule has 0 aliphatic heterocycles. The molecular formula is C16H25NOS. The zero-order valence-electron chi connectivity index (χ0n) is 11.9. The van der Waals surface area contributed by atoms with Crippen molar-refractivity contribution in [2.75, 3.05) is 0 Å². The van der Waals surface area contributed by atoms with Crippen LogP contribution in [0.25, 0.3) is 0 Å². The summed E-state index contributed by atoms with van der Waals surface area (Å²) in [7, 11) is 0. The molecule has 3 heteroatoms. The van der Waals surface area contributed by atoms with Crippen LogP contribution in [0.4, 0.5) is 0 Å². The molecule has 2 atom stereocenters. The zero-order chi connectivity index (χ0) is 13.5. The first-order valence-corrected chi connectivity index (χ1v) is 8.54. The minimum absolute atomic E-state index is 0.236. The maximum atomic E-state index is 12.0. The summed E-state index contributed by atoms with van der Waals surface area (Å²) in [5, 5.41) is 7.47. The first-order chi connectivity index (χ1) is 9.29. The van der Waals surface area contributed by atoms with Crippen molar-refractivity contribution in [3.63, 3.8) is 0 Å². The third-order valence-corrected chi connectivity index (χ3v) is 4.89. The Morgan fingerprint density at radius 1 is 1.47 bits per heavy atom. The number of rotatable bonds is 7. The zero-order valence-corrected chi connectivity index (χ0v) is 12.7. The van der Waals surface area contributed by atoms with Gasteiger partial charge in [0.2, 0.25) is 5.91 Å². The number of carbonyl (C=O) groups excluding carboxylic acids is 1. The van der Waals surface area contributed by atoms with Crippen LogP contribution in [-0.4, -0.2) is 11.9 Å². The fourth-order valence-electron chi connectivity index (χ4n) is 3.01. The van der Waals surface area contributed by atoms with E-state index in [1.54, 1.807) is 11.3 Å². The van der Waals surface area contributed by atoms with Crippen molar-refractivity contribution in [1.82, 2.24) is 5.32 Å². The number of hydrogen-bond acceptors (Lipinski definition) is 2. The number of carbonyl (C=O) groups is 1. The minimum atomic E-state index is 0.236. The molecule has 1 aromatic rings. The molecule has 2 rings (SSSR count). The lowest BCUT2D eigenvalue weighted by Crippen LogP contribution is -2.37. The maximum absolute atomic E-state index is 12.0. The van der Waals surface area contributed by atoms with Gasteiger partial charge in [0.15, 0.2) is 0 Å². The van der Waals surface area contributed by atoms with E-state index in [-0.39, 0.29) is 5.91 Å². The van der Waals surface area contributed by atoms with Crippen LogP contribution >= 0.6 is 11.3 Å². The van der Waals surface area contributed by atoms with Crippen LogP contribution in [0.2, 0.25) is 0 Å². The summed E-state index contributed by atoms with van der Waals surface area (Å²) in [6, 6.07) is 2.55. The predicted molar refractivity (Wildman–Crippen MR) is 81.4 cm³/mol. The summed E-state index contributed by atoms with van der Waals surface area (Å²) in [5.74, 6) is 0.963. The van der Waals surface area contributed by atoms with Gasteiger partial charge in [-0.25, -0.2) is 0 Å². The first-order valence-electron chi connectivity index (χ1n) is 7.60. The van der Waals surface area contributed by atoms with E-state index in [1.165, 1.54) is 44.1 Å². The summed E-state index contributed by atoms with van der Waals surface area (Å²) < 4.78 is 0. The van der Waals surface area contributed by atoms with Gasteiger partial charge in [0.25, 0.3) is 0 Å². The Morgan fingerprint density at radius 3 is 3.11 bits per heavy atom. The van der Waals surface area contributed by atoms with Crippen molar-refractivity contribution in [1.29, 1.82) is 0 Å². The Hall–Kier alpha value is -0.830. The number of nitrogens with one attached hydrogen (secondary N) is 1. The van der Waals surface area contributed by atoms with Gasteiger partial charge in [0, 0.05) is 12.5 Å². The topological polar surface area (TPSA) is 29.1 Å². The fourth-order valence-corrected chi connectivity index (χ4v) is 3.71. The number of hydrogen-bond donors (Lipinski definition) is 1. The molecule has 19 heavy (non-hydrogen) atoms. The van der Waals surface area contributed by atoms with Gasteiger partial charge in [-0.15, -0.1) is 0 Å². The maximum Gasteiger partial charge on any atom is 0.220 e. The second-order valence-corrected chi connectivity index (χ2v) is 6.42. The molecule has 0 radical (unpaired) electrons. The number of amides is 1. The molecule has 106 valence electrons. The number of aryl methyl sites for hydroxylation is 1. The van der Waals surface area contributed by atoms with Gasteiger partial charge < -0.3 is 5.32 Å². The van der Waals surface area contributed by atoms with Crippen molar-refractivity contribution in [3.05, 3.63) is 22.4 Å². The van der Waals surface area contributed by atoms with E-state index < -0.39 is 0 Å². The van der Waals surface area contributed by atoms with E-state index in [0.717, 1.165) is 12.3 Å². The molecule has 2 unspecified atom stereocenters. The molecule has 1 heterocycles. The van der Waals surface area contributed by atoms with Gasteiger partial charge in [0.1, 0.15) is 0 Å². The van der Waals surface area contributed by atoms with Crippen LogP contribution < -0.4 is 5.32 Å². The van der Waals surface area contributed by atoms with Crippen LogP contribution in [0.5, 0.6) is 0 Å². The first kappa shape index (κ1) is 14.6. The summed E-state index contributed by atoms with van der Waals surface area (Å²) >= 11 is 1.70. The standard InChI is InChI=1S/C16H25NOS/c1-2-3-5-14-6-4-7-15(14)17-16(18)9-8-13-10-11-19-12-13/h10-12,14-15H,2-9H2,1H3,(H,17,18). The van der Waals surface area contributed by atoms with E-state index in [9.17, 15) is 4.79 Å². The normalized spacial score (nSPS) is 22.6. The summed E-state index contributed by atoms with van der Waals surface area (Å²) in [4.78, 5) is 12.0. The van der Waals surface area contributed by atoms with Crippen LogP contribution in [0.1, 0.15) is 57.4 Å². The lowest BCUT2D eigenvalue weighted by atomic mass is 9.96. The Morgan fingerprint density at radius 2 is 2.37 bits per heavy atom. The lowest BCUT2D eigenvalue weighted by molar-refractivity contribution is -0.122. The summed E-state index contributed by atoms with van der Waals surface area (Å²) in [5.41, 5.74) is 1.29. The van der Waals surface area contributed by atoms with Gasteiger partial charge in [-0.1, -0.05) is 26.2 Å². The molecular weight excluding hydrogens is 254 g/mol. The second kappa shape index (κ2) is 7.68. The molecule has 0 spiro atoms. The van der Waals surface area contributed by atoms with Crippen LogP contribution in [0, 0.1) is 5.92 Å². The van der Waals surface area contributed by atoms with Crippen molar-refractivity contribution >= 4 is 17.2 Å². The van der Waals surface area contributed by atoms with Crippen molar-refractivity contribution < 1.29 is 4.79 Å². The highest BCUT2D eigenvalue weighted by Crippen LogP contribution is 2.29. The average Bonchev–Trinajstić information content (AvgIpc) is 3.05. The molecule has 1 aliphatic rings. The third kappa shape index (κ3) is 4.64. The molecule has 0 saturated heterocycles. The smallest absolute Gasteiger partial charge is 0.220 e. The largest absolute Gasteiger partial charge is 0.353 e. The highest BCUT2D eigenvalue weighted by molar-refractivity contribution is 7.07. The van der Waals surface area contributed by atoms with Gasteiger partial charge in [-0.05, 0) is 54.0 Å². The number of thiophene rings is 1. The van der Waals surface area contributed by atoms with E-state index >= 15 is 0 Å². The van der Waals surface area contributed by atoms with Gasteiger partial charge in [0.05, 0.1) is 0 Å². The van der Waals surface area contributed by atoms with E-state index in [2.05, 4.69) is 29.1 Å². The van der Waals surface area contributed by atoms with Crippen LogP contribution in [-0.2, 0) is 11.2 Å². The molecule has 0 aromatic carbocycles. The second-order valence-electron chi connectivity index (χ2n) is 5.64. The molecule has 1 saturated carbocycles. The summed E-state index contributed by atoms with van der Waals surface area (Å²) in [6.07, 6.45) is 9.11. The van der Waals surface area contributed by atoms with Gasteiger partial charge in [-0.3, -0.25) is 4.79 Å². The van der Waals surface area contributed by atoms with Crippen LogP contribution in [0.3, 0.4) is 0 Å². The molecule has 0 bridgehead atoms. The van der Waals surface area contributed by atoms with E-state index in [4.69, 9.17) is 0 Å². The Kier molecular flexibility index (Phi) is 5.90. The molecule has 1 N–H and O–H groups in total. The molecule has 1 amide bonds. The predicted octanol–water partition coefficient (Wildman–Crippen LogP) is 4.16. The van der Waals surface area contributed by atoms with Crippen LogP contribution in [0.15, 0.2) is 16.8 Å². The number of unbranched alkanes of at least 4 members (excludes halogenated alkanes) is 1. The highest BCUT2D eigenvalue weighted by Gasteiger charge is 2.27. The van der Waals surface area contributed by atoms with Crippen molar-refractivity contribution in [2.24, 2.45) is 5.92 Å².